The Morgan fingerprint density at radius 3 is 2.71 bits per heavy atom. The first-order valence-corrected chi connectivity index (χ1v) is 6.92. The fourth-order valence-corrected chi connectivity index (χ4v) is 2.39. The molecule has 1 aliphatic carbocycles. The second-order valence-corrected chi connectivity index (χ2v) is 5.61. The van der Waals surface area contributed by atoms with Crippen molar-refractivity contribution in [1.29, 1.82) is 0 Å². The van der Waals surface area contributed by atoms with Crippen LogP contribution in [-0.2, 0) is 4.79 Å². The molecule has 0 spiro atoms. The number of nitrogens with one attached hydrogen (secondary N) is 2. The van der Waals surface area contributed by atoms with E-state index in [9.17, 15) is 4.79 Å². The van der Waals surface area contributed by atoms with Crippen LogP contribution >= 0.6 is 0 Å². The Balaban J connectivity index is 1.52. The number of carbonyl (C=O) groups is 1. The third-order valence-electron chi connectivity index (χ3n) is 3.66. The van der Waals surface area contributed by atoms with E-state index in [1.54, 1.807) is 0 Å². The molecule has 4 nitrogen and oxygen atoms in total. The molecular weight excluding hydrogens is 214 g/mol. The molecule has 1 atom stereocenters. The normalized spacial score (nSPS) is 25.5. The third-order valence-corrected chi connectivity index (χ3v) is 3.66. The number of nitrogens with zero attached hydrogens (tertiary/aromatic N) is 1. The highest BCUT2D eigenvalue weighted by molar-refractivity contribution is 5.77. The lowest BCUT2D eigenvalue weighted by atomic mass is 10.2. The van der Waals surface area contributed by atoms with Gasteiger partial charge in [-0.25, -0.2) is 0 Å². The summed E-state index contributed by atoms with van der Waals surface area (Å²) in [6.07, 6.45) is 4.06. The molecule has 1 unspecified atom stereocenters. The Hall–Kier alpha value is -0.610. The van der Waals surface area contributed by atoms with Crippen molar-refractivity contribution in [2.75, 3.05) is 26.2 Å². The fraction of sp³-hybridized carbons (Fsp3) is 0.923. The van der Waals surface area contributed by atoms with Gasteiger partial charge in [0.25, 0.3) is 0 Å². The first-order valence-electron chi connectivity index (χ1n) is 6.92. The molecule has 4 heteroatoms. The zero-order valence-corrected chi connectivity index (χ0v) is 11.0. The molecule has 1 aliphatic heterocycles. The molecule has 98 valence electrons. The van der Waals surface area contributed by atoms with Crippen molar-refractivity contribution in [2.24, 2.45) is 5.92 Å². The number of rotatable bonds is 6. The standard InChI is InChI=1S/C13H25N3O/c1-10(2)13(17)15-7-6-14-11-5-8-16(9-11)12-3-4-12/h10-12,14H,3-9H2,1-2H3,(H,15,17). The van der Waals surface area contributed by atoms with Crippen molar-refractivity contribution in [3.63, 3.8) is 0 Å². The van der Waals surface area contributed by atoms with E-state index in [0.29, 0.717) is 6.04 Å². The van der Waals surface area contributed by atoms with Crippen LogP contribution in [0.15, 0.2) is 0 Å². The van der Waals surface area contributed by atoms with Gasteiger partial charge in [0.15, 0.2) is 0 Å². The maximum Gasteiger partial charge on any atom is 0.222 e. The summed E-state index contributed by atoms with van der Waals surface area (Å²) in [6, 6.07) is 1.52. The van der Waals surface area contributed by atoms with Gasteiger partial charge in [-0.1, -0.05) is 13.8 Å². The van der Waals surface area contributed by atoms with E-state index in [1.807, 2.05) is 13.8 Å². The predicted octanol–water partition coefficient (Wildman–Crippen LogP) is 0.585. The van der Waals surface area contributed by atoms with Crippen LogP contribution < -0.4 is 10.6 Å². The van der Waals surface area contributed by atoms with Gasteiger partial charge in [-0.2, -0.15) is 0 Å². The van der Waals surface area contributed by atoms with Gasteiger partial charge in [0.1, 0.15) is 0 Å². The zero-order valence-electron chi connectivity index (χ0n) is 11.0. The van der Waals surface area contributed by atoms with Gasteiger partial charge in [0, 0.05) is 44.2 Å². The maximum atomic E-state index is 11.3. The van der Waals surface area contributed by atoms with Gasteiger partial charge in [-0.3, -0.25) is 9.69 Å². The topological polar surface area (TPSA) is 44.4 Å². The number of hydrogen-bond donors (Lipinski definition) is 2. The van der Waals surface area contributed by atoms with Gasteiger partial charge in [-0.05, 0) is 19.3 Å². The van der Waals surface area contributed by atoms with Gasteiger partial charge >= 0.3 is 0 Å². The van der Waals surface area contributed by atoms with Gasteiger partial charge < -0.3 is 10.6 Å². The van der Waals surface area contributed by atoms with E-state index in [-0.39, 0.29) is 11.8 Å². The number of amides is 1. The van der Waals surface area contributed by atoms with Crippen molar-refractivity contribution >= 4 is 5.91 Å². The summed E-state index contributed by atoms with van der Waals surface area (Å²) >= 11 is 0. The first-order chi connectivity index (χ1) is 8.16. The second kappa shape index (κ2) is 5.83. The average molecular weight is 239 g/mol. The molecule has 0 aromatic heterocycles. The van der Waals surface area contributed by atoms with Gasteiger partial charge in [0.05, 0.1) is 0 Å². The molecule has 2 fully saturated rings. The van der Waals surface area contributed by atoms with Crippen LogP contribution in [0.25, 0.3) is 0 Å². The molecule has 17 heavy (non-hydrogen) atoms. The molecule has 0 bridgehead atoms. The fourth-order valence-electron chi connectivity index (χ4n) is 2.39. The van der Waals surface area contributed by atoms with Crippen molar-refractivity contribution in [2.45, 2.75) is 45.2 Å². The van der Waals surface area contributed by atoms with E-state index in [1.165, 1.54) is 32.4 Å². The van der Waals surface area contributed by atoms with Crippen molar-refractivity contribution in [1.82, 2.24) is 15.5 Å². The lowest BCUT2D eigenvalue weighted by Gasteiger charge is -2.16. The summed E-state index contributed by atoms with van der Waals surface area (Å²) in [5, 5.41) is 6.47. The molecule has 2 rings (SSSR count). The summed E-state index contributed by atoms with van der Waals surface area (Å²) in [5.41, 5.74) is 0. The third kappa shape index (κ3) is 3.96. The van der Waals surface area contributed by atoms with Crippen molar-refractivity contribution < 1.29 is 4.79 Å². The van der Waals surface area contributed by atoms with E-state index < -0.39 is 0 Å². The number of carbonyl (C=O) groups excluding carboxylic acids is 1. The molecule has 1 saturated carbocycles. The van der Waals surface area contributed by atoms with Gasteiger partial charge in [-0.15, -0.1) is 0 Å². The lowest BCUT2D eigenvalue weighted by Crippen LogP contribution is -2.39. The minimum absolute atomic E-state index is 0.0897. The van der Waals surface area contributed by atoms with E-state index in [2.05, 4.69) is 15.5 Å². The second-order valence-electron chi connectivity index (χ2n) is 5.61. The Labute approximate surface area is 104 Å². The van der Waals surface area contributed by atoms with E-state index in [4.69, 9.17) is 0 Å². The Bertz CT molecular complexity index is 263. The van der Waals surface area contributed by atoms with Crippen molar-refractivity contribution in [3.05, 3.63) is 0 Å². The van der Waals surface area contributed by atoms with Crippen LogP contribution in [0, 0.1) is 5.92 Å². The summed E-state index contributed by atoms with van der Waals surface area (Å²) in [4.78, 5) is 13.9. The SMILES string of the molecule is CC(C)C(=O)NCCNC1CCN(C2CC2)C1. The molecule has 0 radical (unpaired) electrons. The highest BCUT2D eigenvalue weighted by Gasteiger charge is 2.33. The average Bonchev–Trinajstić information content (AvgIpc) is 3.04. The van der Waals surface area contributed by atoms with Crippen LogP contribution in [0.4, 0.5) is 0 Å². The molecule has 1 saturated heterocycles. The first kappa shape index (κ1) is 12.8. The molecule has 0 aromatic rings. The molecule has 1 amide bonds. The van der Waals surface area contributed by atoms with Crippen LogP contribution in [0.3, 0.4) is 0 Å². The van der Waals surface area contributed by atoms with Gasteiger partial charge in [0.2, 0.25) is 5.91 Å². The van der Waals surface area contributed by atoms with Crippen LogP contribution in [-0.4, -0.2) is 49.1 Å². The summed E-state index contributed by atoms with van der Waals surface area (Å²) in [6.45, 7) is 7.93. The molecule has 2 aliphatic rings. The van der Waals surface area contributed by atoms with Crippen molar-refractivity contribution in [3.8, 4) is 0 Å². The quantitative estimate of drug-likeness (QED) is 0.667. The molecule has 2 N–H and O–H groups in total. The van der Waals surface area contributed by atoms with E-state index in [0.717, 1.165) is 19.1 Å². The predicted molar refractivity (Wildman–Crippen MR) is 68.9 cm³/mol. The smallest absolute Gasteiger partial charge is 0.222 e. The molecule has 1 heterocycles. The summed E-state index contributed by atoms with van der Waals surface area (Å²) in [7, 11) is 0. The minimum atomic E-state index is 0.0897. The minimum Gasteiger partial charge on any atom is -0.355 e. The Morgan fingerprint density at radius 1 is 1.29 bits per heavy atom. The largest absolute Gasteiger partial charge is 0.355 e. The number of likely N-dealkylation sites (tertiary alicyclic amines) is 1. The lowest BCUT2D eigenvalue weighted by molar-refractivity contribution is -0.123. The van der Waals surface area contributed by atoms with E-state index >= 15 is 0 Å². The highest BCUT2D eigenvalue weighted by Crippen LogP contribution is 2.29. The molecule has 0 aromatic carbocycles. The van der Waals surface area contributed by atoms with Crippen LogP contribution in [0.2, 0.25) is 0 Å². The summed E-state index contributed by atoms with van der Waals surface area (Å²) < 4.78 is 0. The molecular formula is C13H25N3O. The number of hydrogen-bond acceptors (Lipinski definition) is 3. The summed E-state index contributed by atoms with van der Waals surface area (Å²) in [5.74, 6) is 0.240. The zero-order chi connectivity index (χ0) is 12.3. The maximum absolute atomic E-state index is 11.3. The van der Waals surface area contributed by atoms with Crippen LogP contribution in [0.1, 0.15) is 33.1 Å². The Morgan fingerprint density at radius 2 is 2.06 bits per heavy atom. The monoisotopic (exact) mass is 239 g/mol. The van der Waals surface area contributed by atoms with Crippen LogP contribution in [0.5, 0.6) is 0 Å². The highest BCUT2D eigenvalue weighted by atomic mass is 16.1. The Kier molecular flexibility index (Phi) is 4.40.